The van der Waals surface area contributed by atoms with Crippen molar-refractivity contribution in [2.45, 2.75) is 6.42 Å². The number of phenolic OH excluding ortho intramolecular Hbond substituents is 1. The second-order valence-electron chi connectivity index (χ2n) is 4.59. The maximum atomic E-state index is 11.3. The van der Waals surface area contributed by atoms with Gasteiger partial charge in [0, 0.05) is 6.08 Å². The van der Waals surface area contributed by atoms with Crippen molar-refractivity contribution >= 4 is 17.8 Å². The second-order valence-corrected chi connectivity index (χ2v) is 4.59. The average molecular weight is 289 g/mol. The summed E-state index contributed by atoms with van der Waals surface area (Å²) in [5.74, 6) is -1.51. The van der Waals surface area contributed by atoms with Gasteiger partial charge in [0.15, 0.2) is 0 Å². The number of aromatic hydroxyl groups is 1. The molecule has 1 aliphatic rings. The van der Waals surface area contributed by atoms with E-state index in [1.807, 2.05) is 0 Å². The van der Waals surface area contributed by atoms with Crippen LogP contribution in [0.2, 0.25) is 0 Å². The SMILES string of the molecule is O=CC1(C(=O)O)CC=C(c2ccc(O)cc2)C=C1[N+](=O)[O-]. The molecular formula is C14H11NO6. The summed E-state index contributed by atoms with van der Waals surface area (Å²) < 4.78 is 0. The number of benzene rings is 1. The summed E-state index contributed by atoms with van der Waals surface area (Å²) >= 11 is 0. The fourth-order valence-corrected chi connectivity index (χ4v) is 2.14. The van der Waals surface area contributed by atoms with E-state index in [1.165, 1.54) is 18.2 Å². The van der Waals surface area contributed by atoms with Gasteiger partial charge in [0.05, 0.1) is 4.92 Å². The Morgan fingerprint density at radius 3 is 2.43 bits per heavy atom. The monoisotopic (exact) mass is 289 g/mol. The lowest BCUT2D eigenvalue weighted by Gasteiger charge is -2.22. The second kappa shape index (κ2) is 5.20. The Labute approximate surface area is 119 Å². The molecule has 2 rings (SSSR count). The Morgan fingerprint density at radius 1 is 1.33 bits per heavy atom. The maximum Gasteiger partial charge on any atom is 0.328 e. The van der Waals surface area contributed by atoms with Gasteiger partial charge in [-0.2, -0.15) is 0 Å². The van der Waals surface area contributed by atoms with Crippen LogP contribution >= 0.6 is 0 Å². The van der Waals surface area contributed by atoms with E-state index < -0.39 is 22.0 Å². The van der Waals surface area contributed by atoms with Gasteiger partial charge in [-0.05, 0) is 29.7 Å². The number of nitrogens with zero attached hydrogens (tertiary/aromatic N) is 1. The molecule has 1 unspecified atom stereocenters. The summed E-state index contributed by atoms with van der Waals surface area (Å²) in [6.45, 7) is 0. The van der Waals surface area contributed by atoms with E-state index in [9.17, 15) is 24.8 Å². The van der Waals surface area contributed by atoms with Crippen LogP contribution in [0.5, 0.6) is 5.75 Å². The molecule has 0 aliphatic heterocycles. The minimum Gasteiger partial charge on any atom is -0.508 e. The van der Waals surface area contributed by atoms with Crippen molar-refractivity contribution in [3.05, 3.63) is 57.8 Å². The minimum absolute atomic E-state index is 0.0430. The van der Waals surface area contributed by atoms with E-state index in [-0.39, 0.29) is 18.5 Å². The summed E-state index contributed by atoms with van der Waals surface area (Å²) in [6.07, 6.45) is 2.34. The first-order valence-corrected chi connectivity index (χ1v) is 5.96. The van der Waals surface area contributed by atoms with Gasteiger partial charge >= 0.3 is 5.97 Å². The molecule has 0 radical (unpaired) electrons. The molecule has 1 aliphatic carbocycles. The molecule has 1 aromatic rings. The van der Waals surface area contributed by atoms with E-state index >= 15 is 0 Å². The van der Waals surface area contributed by atoms with Gasteiger partial charge in [-0.15, -0.1) is 0 Å². The Kier molecular flexibility index (Phi) is 3.58. The van der Waals surface area contributed by atoms with Crippen LogP contribution in [-0.4, -0.2) is 27.4 Å². The zero-order chi connectivity index (χ0) is 15.6. The first-order valence-electron chi connectivity index (χ1n) is 5.96. The number of carboxylic acid groups (broad SMARTS) is 1. The highest BCUT2D eigenvalue weighted by Gasteiger charge is 2.51. The summed E-state index contributed by atoms with van der Waals surface area (Å²) in [5.41, 5.74) is -1.82. The predicted molar refractivity (Wildman–Crippen MR) is 71.9 cm³/mol. The van der Waals surface area contributed by atoms with Crippen molar-refractivity contribution in [3.63, 3.8) is 0 Å². The number of allylic oxidation sites excluding steroid dienone is 3. The van der Waals surface area contributed by atoms with Gasteiger partial charge in [0.2, 0.25) is 5.41 Å². The van der Waals surface area contributed by atoms with Crippen LogP contribution in [0.4, 0.5) is 0 Å². The lowest BCUT2D eigenvalue weighted by Crippen LogP contribution is -2.38. The molecule has 21 heavy (non-hydrogen) atoms. The van der Waals surface area contributed by atoms with Crippen molar-refractivity contribution in [2.75, 3.05) is 0 Å². The number of carbonyl (C=O) groups excluding carboxylic acids is 1. The summed E-state index contributed by atoms with van der Waals surface area (Å²) in [4.78, 5) is 32.7. The molecule has 0 aromatic heterocycles. The van der Waals surface area contributed by atoms with Crippen LogP contribution in [-0.2, 0) is 9.59 Å². The topological polar surface area (TPSA) is 118 Å². The van der Waals surface area contributed by atoms with Crippen LogP contribution in [0.3, 0.4) is 0 Å². The Morgan fingerprint density at radius 2 is 1.95 bits per heavy atom. The highest BCUT2D eigenvalue weighted by molar-refractivity contribution is 5.98. The Hall–Kier alpha value is -2.96. The predicted octanol–water partition coefficient (Wildman–Crippen LogP) is 1.61. The molecule has 0 saturated carbocycles. The van der Waals surface area contributed by atoms with Gasteiger partial charge in [0.1, 0.15) is 12.0 Å². The number of carboxylic acids is 1. The minimum atomic E-state index is -2.16. The number of rotatable bonds is 4. The number of hydrogen-bond donors (Lipinski definition) is 2. The van der Waals surface area contributed by atoms with Crippen molar-refractivity contribution in [3.8, 4) is 5.75 Å². The van der Waals surface area contributed by atoms with E-state index in [0.29, 0.717) is 11.1 Å². The zero-order valence-electron chi connectivity index (χ0n) is 10.7. The highest BCUT2D eigenvalue weighted by Crippen LogP contribution is 2.38. The lowest BCUT2D eigenvalue weighted by molar-refractivity contribution is -0.436. The van der Waals surface area contributed by atoms with E-state index in [0.717, 1.165) is 6.08 Å². The van der Waals surface area contributed by atoms with E-state index in [2.05, 4.69) is 0 Å². The smallest absolute Gasteiger partial charge is 0.328 e. The number of carbonyl (C=O) groups is 2. The van der Waals surface area contributed by atoms with Crippen LogP contribution < -0.4 is 0 Å². The molecule has 0 fully saturated rings. The van der Waals surface area contributed by atoms with Gasteiger partial charge < -0.3 is 15.0 Å². The molecule has 0 saturated heterocycles. The third-order valence-electron chi connectivity index (χ3n) is 3.37. The molecule has 7 heteroatoms. The van der Waals surface area contributed by atoms with E-state index in [4.69, 9.17) is 5.11 Å². The van der Waals surface area contributed by atoms with Gasteiger partial charge in [-0.25, -0.2) is 0 Å². The van der Waals surface area contributed by atoms with E-state index in [1.54, 1.807) is 12.1 Å². The normalized spacial score (nSPS) is 21.1. The molecule has 0 spiro atoms. The number of phenols is 1. The largest absolute Gasteiger partial charge is 0.508 e. The highest BCUT2D eigenvalue weighted by atomic mass is 16.6. The van der Waals surface area contributed by atoms with Crippen molar-refractivity contribution < 1.29 is 24.7 Å². The summed E-state index contributed by atoms with van der Waals surface area (Å²) in [5, 5.41) is 29.5. The van der Waals surface area contributed by atoms with Gasteiger partial charge in [-0.1, -0.05) is 18.2 Å². The quantitative estimate of drug-likeness (QED) is 0.376. The number of aldehydes is 1. The molecule has 1 atom stereocenters. The van der Waals surface area contributed by atoms with Crippen molar-refractivity contribution in [2.24, 2.45) is 5.41 Å². The molecule has 0 amide bonds. The standard InChI is InChI=1S/C14H11NO6/c16-8-14(13(18)19)6-5-10(7-12(14)15(20)21)9-1-3-11(17)4-2-9/h1-5,7-8,17H,6H2,(H,18,19). The van der Waals surface area contributed by atoms with Crippen molar-refractivity contribution in [1.82, 2.24) is 0 Å². The number of nitro groups is 1. The molecule has 7 nitrogen and oxygen atoms in total. The number of hydrogen-bond acceptors (Lipinski definition) is 5. The molecule has 2 N–H and O–H groups in total. The molecule has 0 heterocycles. The summed E-state index contributed by atoms with van der Waals surface area (Å²) in [6, 6.07) is 5.91. The summed E-state index contributed by atoms with van der Waals surface area (Å²) in [7, 11) is 0. The first kappa shape index (κ1) is 14.4. The average Bonchev–Trinajstić information content (AvgIpc) is 2.47. The van der Waals surface area contributed by atoms with Gasteiger partial charge in [-0.3, -0.25) is 14.9 Å². The fourth-order valence-electron chi connectivity index (χ4n) is 2.14. The fraction of sp³-hybridized carbons (Fsp3) is 0.143. The Balaban J connectivity index is 2.51. The third-order valence-corrected chi connectivity index (χ3v) is 3.37. The third kappa shape index (κ3) is 2.40. The van der Waals surface area contributed by atoms with Gasteiger partial charge in [0.25, 0.3) is 5.70 Å². The first-order chi connectivity index (χ1) is 9.90. The van der Waals surface area contributed by atoms with Crippen molar-refractivity contribution in [1.29, 1.82) is 0 Å². The van der Waals surface area contributed by atoms with Crippen LogP contribution in [0.15, 0.2) is 42.1 Å². The van der Waals surface area contributed by atoms with Crippen LogP contribution in [0, 0.1) is 15.5 Å². The maximum absolute atomic E-state index is 11.3. The van der Waals surface area contributed by atoms with Crippen LogP contribution in [0.25, 0.3) is 5.57 Å². The molecule has 108 valence electrons. The molecular weight excluding hydrogens is 278 g/mol. The Bertz CT molecular complexity index is 673. The number of aliphatic carboxylic acids is 1. The lowest BCUT2D eigenvalue weighted by atomic mass is 9.77. The zero-order valence-corrected chi connectivity index (χ0v) is 10.7. The molecule has 0 bridgehead atoms. The molecule has 1 aromatic carbocycles. The van der Waals surface area contributed by atoms with Crippen LogP contribution in [0.1, 0.15) is 12.0 Å².